The van der Waals surface area contributed by atoms with E-state index in [1.165, 1.54) is 0 Å². The van der Waals surface area contributed by atoms with E-state index in [0.717, 1.165) is 6.42 Å². The van der Waals surface area contributed by atoms with Gasteiger partial charge in [0.15, 0.2) is 5.41 Å². The number of ether oxygens (including phenoxy) is 2. The number of carbonyl (C=O) groups excluding carboxylic acids is 2. The van der Waals surface area contributed by atoms with Crippen LogP contribution in [0.3, 0.4) is 0 Å². The van der Waals surface area contributed by atoms with E-state index >= 15 is 0 Å². The summed E-state index contributed by atoms with van der Waals surface area (Å²) < 4.78 is 10.5. The van der Waals surface area contributed by atoms with Gasteiger partial charge in [0.05, 0.1) is 0 Å². The zero-order valence-electron chi connectivity index (χ0n) is 14.6. The maximum Gasteiger partial charge on any atom is 0.326 e. The predicted molar refractivity (Wildman–Crippen MR) is 86.9 cm³/mol. The van der Waals surface area contributed by atoms with E-state index < -0.39 is 35.5 Å². The van der Waals surface area contributed by atoms with E-state index in [9.17, 15) is 19.5 Å². The number of carbonyl (C=O) groups is 3. The van der Waals surface area contributed by atoms with Gasteiger partial charge in [-0.25, -0.2) is 0 Å². The lowest BCUT2D eigenvalue weighted by Crippen LogP contribution is -2.52. The molecular weight excluding hydrogens is 314 g/mol. The first-order valence-corrected chi connectivity index (χ1v) is 8.76. The molecule has 0 amide bonds. The quantitative estimate of drug-likeness (QED) is 0.374. The number of carboxylic acids is 1. The Balaban J connectivity index is 2.92. The summed E-state index contributed by atoms with van der Waals surface area (Å²) in [6, 6.07) is 0. The zero-order chi connectivity index (χ0) is 18.2. The highest BCUT2D eigenvalue weighted by molar-refractivity contribution is 5.99. The molecule has 0 heterocycles. The lowest BCUT2D eigenvalue weighted by molar-refractivity contribution is -0.203. The van der Waals surface area contributed by atoms with Crippen LogP contribution >= 0.6 is 0 Å². The van der Waals surface area contributed by atoms with Crippen LogP contribution in [0.1, 0.15) is 65.2 Å². The summed E-state index contributed by atoms with van der Waals surface area (Å²) in [6.07, 6.45) is 3.03. The first-order chi connectivity index (χ1) is 11.4. The van der Waals surface area contributed by atoms with Gasteiger partial charge in [0, 0.05) is 12.8 Å². The van der Waals surface area contributed by atoms with E-state index in [1.54, 1.807) is 0 Å². The highest BCUT2D eigenvalue weighted by Crippen LogP contribution is 2.42. The molecule has 0 radical (unpaired) electrons. The number of esters is 2. The largest absolute Gasteiger partial charge is 0.480 e. The van der Waals surface area contributed by atoms with Crippen molar-refractivity contribution < 1.29 is 29.0 Å². The molecule has 7 nitrogen and oxygen atoms in total. The molecular formula is C17H29NO6. The van der Waals surface area contributed by atoms with Crippen LogP contribution in [-0.4, -0.2) is 35.8 Å². The molecule has 1 fully saturated rings. The van der Waals surface area contributed by atoms with Gasteiger partial charge in [-0.1, -0.05) is 26.7 Å². The molecule has 3 N–H and O–H groups in total. The van der Waals surface area contributed by atoms with Crippen molar-refractivity contribution in [2.45, 2.75) is 71.5 Å². The van der Waals surface area contributed by atoms with E-state index in [-0.39, 0.29) is 19.4 Å². The van der Waals surface area contributed by atoms with E-state index in [1.807, 2.05) is 13.8 Å². The molecule has 1 aliphatic carbocycles. The molecule has 0 aliphatic heterocycles. The second-order valence-corrected chi connectivity index (χ2v) is 6.32. The van der Waals surface area contributed by atoms with Crippen molar-refractivity contribution in [3.63, 3.8) is 0 Å². The molecule has 138 valence electrons. The van der Waals surface area contributed by atoms with Crippen molar-refractivity contribution in [1.29, 1.82) is 0 Å². The van der Waals surface area contributed by atoms with Crippen molar-refractivity contribution in [1.82, 2.24) is 0 Å². The van der Waals surface area contributed by atoms with Gasteiger partial charge in [0.2, 0.25) is 6.29 Å². The molecule has 24 heavy (non-hydrogen) atoms. The van der Waals surface area contributed by atoms with Crippen LogP contribution in [0.2, 0.25) is 0 Å². The second-order valence-electron chi connectivity index (χ2n) is 6.32. The lowest BCUT2D eigenvalue weighted by atomic mass is 9.66. The van der Waals surface area contributed by atoms with Gasteiger partial charge < -0.3 is 20.3 Å². The Morgan fingerprint density at radius 2 is 1.92 bits per heavy atom. The van der Waals surface area contributed by atoms with Crippen LogP contribution in [0.4, 0.5) is 0 Å². The first-order valence-electron chi connectivity index (χ1n) is 8.76. The molecule has 1 aliphatic rings. The van der Waals surface area contributed by atoms with Gasteiger partial charge in [-0.3, -0.25) is 14.4 Å². The summed E-state index contributed by atoms with van der Waals surface area (Å²) in [5.74, 6) is -2.97. The Bertz CT molecular complexity index is 452. The number of hydrogen-bond donors (Lipinski definition) is 2. The van der Waals surface area contributed by atoms with Crippen molar-refractivity contribution >= 4 is 17.9 Å². The van der Waals surface area contributed by atoms with Gasteiger partial charge in [-0.05, 0) is 38.1 Å². The smallest absolute Gasteiger partial charge is 0.326 e. The van der Waals surface area contributed by atoms with E-state index in [4.69, 9.17) is 15.2 Å². The molecule has 0 aromatic heterocycles. The van der Waals surface area contributed by atoms with Crippen LogP contribution in [-0.2, 0) is 23.9 Å². The van der Waals surface area contributed by atoms with Crippen molar-refractivity contribution in [2.24, 2.45) is 17.1 Å². The Hall–Kier alpha value is -1.63. The Labute approximate surface area is 142 Å². The summed E-state index contributed by atoms with van der Waals surface area (Å²) in [7, 11) is 0. The average Bonchev–Trinajstić information content (AvgIpc) is 2.54. The van der Waals surface area contributed by atoms with Gasteiger partial charge >= 0.3 is 17.9 Å². The molecule has 0 spiro atoms. The van der Waals surface area contributed by atoms with E-state index in [0.29, 0.717) is 32.1 Å². The van der Waals surface area contributed by atoms with Gasteiger partial charge in [0.1, 0.15) is 0 Å². The fourth-order valence-electron chi connectivity index (χ4n) is 3.21. The lowest BCUT2D eigenvalue weighted by Gasteiger charge is -2.38. The molecule has 3 unspecified atom stereocenters. The molecule has 0 saturated heterocycles. The van der Waals surface area contributed by atoms with Crippen LogP contribution in [0.5, 0.6) is 0 Å². The van der Waals surface area contributed by atoms with Crippen LogP contribution < -0.4 is 5.73 Å². The third kappa shape index (κ3) is 4.69. The minimum absolute atomic E-state index is 0.107. The fourth-order valence-corrected chi connectivity index (χ4v) is 3.21. The standard InChI is InChI=1S/C17H29NO6/c1-3-7-13(19)23-14(8-4-2)24-16(22)17(15(20)21)10-6-5-9-12(17)11-18/h12,14H,3-11,18H2,1-2H3,(H,20,21). The topological polar surface area (TPSA) is 116 Å². The number of hydrogen-bond acceptors (Lipinski definition) is 6. The monoisotopic (exact) mass is 343 g/mol. The highest BCUT2D eigenvalue weighted by atomic mass is 16.7. The highest BCUT2D eigenvalue weighted by Gasteiger charge is 2.54. The number of aliphatic carboxylic acids is 1. The van der Waals surface area contributed by atoms with Gasteiger partial charge in [-0.15, -0.1) is 0 Å². The number of nitrogens with two attached hydrogens (primary N) is 1. The van der Waals surface area contributed by atoms with Crippen LogP contribution in [0.25, 0.3) is 0 Å². The summed E-state index contributed by atoms with van der Waals surface area (Å²) in [5.41, 5.74) is 4.07. The molecule has 7 heteroatoms. The van der Waals surface area contributed by atoms with Crippen LogP contribution in [0.15, 0.2) is 0 Å². The third-order valence-electron chi connectivity index (χ3n) is 4.58. The van der Waals surface area contributed by atoms with Crippen LogP contribution in [0, 0.1) is 11.3 Å². The molecule has 0 bridgehead atoms. The number of carboxylic acid groups (broad SMARTS) is 1. The van der Waals surface area contributed by atoms with Gasteiger partial charge in [0.25, 0.3) is 0 Å². The van der Waals surface area contributed by atoms with Crippen molar-refractivity contribution in [3.8, 4) is 0 Å². The molecule has 1 saturated carbocycles. The Morgan fingerprint density at radius 1 is 1.21 bits per heavy atom. The number of rotatable bonds is 9. The van der Waals surface area contributed by atoms with Crippen molar-refractivity contribution in [2.75, 3.05) is 6.54 Å². The Kier molecular flexibility index (Phi) is 8.18. The Morgan fingerprint density at radius 3 is 2.46 bits per heavy atom. The normalized spacial score (nSPS) is 24.9. The maximum atomic E-state index is 12.7. The molecule has 1 rings (SSSR count). The minimum atomic E-state index is -1.64. The SMILES string of the molecule is CCCC(=O)OC(CCC)OC(=O)C1(C(=O)O)CCCCC1CN. The summed E-state index contributed by atoms with van der Waals surface area (Å²) in [4.78, 5) is 36.3. The summed E-state index contributed by atoms with van der Waals surface area (Å²) in [6.45, 7) is 3.82. The average molecular weight is 343 g/mol. The van der Waals surface area contributed by atoms with E-state index in [2.05, 4.69) is 0 Å². The summed E-state index contributed by atoms with van der Waals surface area (Å²) in [5, 5.41) is 9.71. The molecule has 0 aromatic rings. The summed E-state index contributed by atoms with van der Waals surface area (Å²) >= 11 is 0. The van der Waals surface area contributed by atoms with Crippen molar-refractivity contribution in [3.05, 3.63) is 0 Å². The minimum Gasteiger partial charge on any atom is -0.480 e. The second kappa shape index (κ2) is 9.61. The zero-order valence-corrected chi connectivity index (χ0v) is 14.6. The van der Waals surface area contributed by atoms with Gasteiger partial charge in [-0.2, -0.15) is 0 Å². The first kappa shape index (κ1) is 20.4. The maximum absolute atomic E-state index is 12.7. The predicted octanol–water partition coefficient (Wildman–Crippen LogP) is 2.22. The third-order valence-corrected chi connectivity index (χ3v) is 4.58. The molecule has 0 aromatic carbocycles. The fraction of sp³-hybridized carbons (Fsp3) is 0.824. The molecule has 3 atom stereocenters.